The average molecular weight is 351 g/mol. The van der Waals surface area contributed by atoms with Gasteiger partial charge in [0.05, 0.1) is 5.01 Å². The first-order valence-corrected chi connectivity index (χ1v) is 9.50. The van der Waals surface area contributed by atoms with Gasteiger partial charge in [-0.2, -0.15) is 0 Å². The minimum absolute atomic E-state index is 0.493. The van der Waals surface area contributed by atoms with E-state index in [1.807, 2.05) is 19.1 Å². The van der Waals surface area contributed by atoms with E-state index >= 15 is 0 Å². The van der Waals surface area contributed by atoms with Crippen molar-refractivity contribution in [3.63, 3.8) is 0 Å². The quantitative estimate of drug-likeness (QED) is 0.714. The van der Waals surface area contributed by atoms with Gasteiger partial charge in [-0.3, -0.25) is 4.98 Å². The van der Waals surface area contributed by atoms with Crippen LogP contribution in [0.15, 0.2) is 36.0 Å². The number of nitrogens with zero attached hydrogens (tertiary/aromatic N) is 5. The molecule has 4 rings (SSSR count). The topological polar surface area (TPSA) is 54.8 Å². The predicted molar refractivity (Wildman–Crippen MR) is 101 cm³/mol. The number of hydrogen-bond acceptors (Lipinski definition) is 6. The van der Waals surface area contributed by atoms with Crippen molar-refractivity contribution in [2.24, 2.45) is 0 Å². The fourth-order valence-electron chi connectivity index (χ4n) is 3.29. The third kappa shape index (κ3) is 3.54. The molecule has 0 amide bonds. The lowest BCUT2D eigenvalue weighted by atomic mass is 9.98. The Bertz CT molecular complexity index is 861. The zero-order chi connectivity index (χ0) is 17.2. The summed E-state index contributed by atoms with van der Waals surface area (Å²) in [5, 5.41) is 3.40. The molecule has 1 aliphatic rings. The minimum Gasteiger partial charge on any atom is -0.356 e. The van der Waals surface area contributed by atoms with E-state index in [-0.39, 0.29) is 0 Å². The van der Waals surface area contributed by atoms with Crippen LogP contribution in [0.4, 0.5) is 5.82 Å². The molecular formula is C19H21N5S. The number of thiazole rings is 1. The maximum Gasteiger partial charge on any atom is 0.161 e. The first-order valence-electron chi connectivity index (χ1n) is 8.62. The van der Waals surface area contributed by atoms with Crippen LogP contribution in [-0.2, 0) is 0 Å². The molecule has 1 fully saturated rings. The van der Waals surface area contributed by atoms with E-state index in [9.17, 15) is 0 Å². The Labute approximate surface area is 151 Å². The van der Waals surface area contributed by atoms with Crippen LogP contribution in [0.25, 0.3) is 11.4 Å². The van der Waals surface area contributed by atoms with Gasteiger partial charge in [0, 0.05) is 59.8 Å². The lowest BCUT2D eigenvalue weighted by molar-refractivity contribution is 0.505. The molecule has 1 aliphatic heterocycles. The molecule has 6 heteroatoms. The fraction of sp³-hybridized carbons (Fsp3) is 0.368. The van der Waals surface area contributed by atoms with Gasteiger partial charge in [-0.15, -0.1) is 11.3 Å². The molecule has 3 aromatic rings. The van der Waals surface area contributed by atoms with Crippen molar-refractivity contribution in [3.05, 3.63) is 52.4 Å². The maximum atomic E-state index is 4.83. The molecule has 4 heterocycles. The molecule has 0 radical (unpaired) electrons. The van der Waals surface area contributed by atoms with Crippen molar-refractivity contribution in [1.82, 2.24) is 19.9 Å². The highest BCUT2D eigenvalue weighted by molar-refractivity contribution is 7.09. The largest absolute Gasteiger partial charge is 0.356 e. The Morgan fingerprint density at radius 1 is 1.08 bits per heavy atom. The summed E-state index contributed by atoms with van der Waals surface area (Å²) in [5.74, 6) is 2.27. The summed E-state index contributed by atoms with van der Waals surface area (Å²) in [4.78, 5) is 20.6. The highest BCUT2D eigenvalue weighted by Crippen LogP contribution is 2.31. The van der Waals surface area contributed by atoms with Crippen LogP contribution in [-0.4, -0.2) is 33.0 Å². The molecule has 1 saturated heterocycles. The van der Waals surface area contributed by atoms with Gasteiger partial charge in [0.1, 0.15) is 5.82 Å². The number of hydrogen-bond donors (Lipinski definition) is 0. The number of anilines is 1. The Kier molecular flexibility index (Phi) is 4.44. The van der Waals surface area contributed by atoms with Crippen LogP contribution in [0.5, 0.6) is 0 Å². The summed E-state index contributed by atoms with van der Waals surface area (Å²) in [6, 6.07) is 5.99. The number of rotatable bonds is 3. The van der Waals surface area contributed by atoms with Crippen molar-refractivity contribution in [1.29, 1.82) is 0 Å². The van der Waals surface area contributed by atoms with Gasteiger partial charge in [-0.25, -0.2) is 15.0 Å². The van der Waals surface area contributed by atoms with Gasteiger partial charge in [0.25, 0.3) is 0 Å². The molecule has 5 nitrogen and oxygen atoms in total. The molecule has 0 spiro atoms. The zero-order valence-electron chi connectivity index (χ0n) is 14.5. The van der Waals surface area contributed by atoms with E-state index in [4.69, 9.17) is 9.97 Å². The molecule has 3 aromatic heterocycles. The average Bonchev–Trinajstić information content (AvgIpc) is 3.08. The summed E-state index contributed by atoms with van der Waals surface area (Å²) in [6.45, 7) is 6.10. The van der Waals surface area contributed by atoms with E-state index in [0.29, 0.717) is 5.92 Å². The Morgan fingerprint density at radius 2 is 1.92 bits per heavy atom. The molecule has 0 N–H and O–H groups in total. The summed E-state index contributed by atoms with van der Waals surface area (Å²) in [5.41, 5.74) is 3.11. The first-order chi connectivity index (χ1) is 12.2. The molecule has 1 atom stereocenters. The Hall–Kier alpha value is -2.34. The molecule has 0 bridgehead atoms. The smallest absolute Gasteiger partial charge is 0.161 e. The normalized spacial score (nSPS) is 17.7. The van der Waals surface area contributed by atoms with Crippen molar-refractivity contribution < 1.29 is 0 Å². The monoisotopic (exact) mass is 351 g/mol. The Morgan fingerprint density at radius 3 is 2.68 bits per heavy atom. The predicted octanol–water partition coefficient (Wildman–Crippen LogP) is 4.00. The van der Waals surface area contributed by atoms with Gasteiger partial charge < -0.3 is 4.90 Å². The van der Waals surface area contributed by atoms with Crippen LogP contribution >= 0.6 is 11.3 Å². The van der Waals surface area contributed by atoms with Crippen LogP contribution in [0.1, 0.15) is 35.2 Å². The molecule has 0 aromatic carbocycles. The minimum atomic E-state index is 0.493. The number of aromatic nitrogens is 4. The van der Waals surface area contributed by atoms with Gasteiger partial charge in [-0.05, 0) is 38.8 Å². The zero-order valence-corrected chi connectivity index (χ0v) is 15.3. The fourth-order valence-corrected chi connectivity index (χ4v) is 4.22. The van der Waals surface area contributed by atoms with Crippen LogP contribution < -0.4 is 4.90 Å². The standard InChI is InChI=1S/C19H21N5S/c1-13-10-17(23-18(21-13)15-5-7-20-8-6-15)24-9-3-4-16(11-24)19-22-14(2)12-25-19/h5-8,10,12,16H,3-4,9,11H2,1-2H3/t16-/m1/s1. The van der Waals surface area contributed by atoms with Crippen LogP contribution in [0.2, 0.25) is 0 Å². The van der Waals surface area contributed by atoms with Crippen molar-refractivity contribution in [3.8, 4) is 11.4 Å². The second kappa shape index (κ2) is 6.88. The lowest BCUT2D eigenvalue weighted by Gasteiger charge is -2.33. The van der Waals surface area contributed by atoms with Crippen LogP contribution in [0.3, 0.4) is 0 Å². The second-order valence-corrected chi connectivity index (χ2v) is 7.43. The van der Waals surface area contributed by atoms with Gasteiger partial charge in [0.15, 0.2) is 5.82 Å². The summed E-state index contributed by atoms with van der Waals surface area (Å²) >= 11 is 1.78. The van der Waals surface area contributed by atoms with E-state index in [1.54, 1.807) is 23.7 Å². The molecule has 128 valence electrons. The molecule has 0 saturated carbocycles. The molecule has 0 unspecified atom stereocenters. The summed E-state index contributed by atoms with van der Waals surface area (Å²) < 4.78 is 0. The van der Waals surface area contributed by atoms with Gasteiger partial charge in [-0.1, -0.05) is 0 Å². The van der Waals surface area contributed by atoms with Crippen molar-refractivity contribution in [2.45, 2.75) is 32.6 Å². The van der Waals surface area contributed by atoms with E-state index < -0.39 is 0 Å². The van der Waals surface area contributed by atoms with E-state index in [0.717, 1.165) is 48.1 Å². The van der Waals surface area contributed by atoms with E-state index in [2.05, 4.69) is 33.2 Å². The van der Waals surface area contributed by atoms with Crippen LogP contribution in [0, 0.1) is 13.8 Å². The van der Waals surface area contributed by atoms with Crippen molar-refractivity contribution in [2.75, 3.05) is 18.0 Å². The van der Waals surface area contributed by atoms with Gasteiger partial charge >= 0.3 is 0 Å². The number of aryl methyl sites for hydroxylation is 2. The third-order valence-corrected chi connectivity index (χ3v) is 5.64. The highest BCUT2D eigenvalue weighted by atomic mass is 32.1. The first kappa shape index (κ1) is 16.1. The third-order valence-electron chi connectivity index (χ3n) is 4.51. The lowest BCUT2D eigenvalue weighted by Crippen LogP contribution is -2.35. The molecule has 0 aliphatic carbocycles. The van der Waals surface area contributed by atoms with Crippen molar-refractivity contribution >= 4 is 17.2 Å². The number of pyridine rings is 1. The van der Waals surface area contributed by atoms with Gasteiger partial charge in [0.2, 0.25) is 0 Å². The maximum absolute atomic E-state index is 4.83. The Balaban J connectivity index is 1.61. The molecule has 25 heavy (non-hydrogen) atoms. The highest BCUT2D eigenvalue weighted by Gasteiger charge is 2.25. The number of piperidine rings is 1. The van der Waals surface area contributed by atoms with E-state index in [1.165, 1.54) is 11.4 Å². The summed E-state index contributed by atoms with van der Waals surface area (Å²) in [6.07, 6.45) is 5.92. The SMILES string of the molecule is Cc1cc(N2CCC[C@@H](c3nc(C)cs3)C2)nc(-c2ccncc2)n1. The summed E-state index contributed by atoms with van der Waals surface area (Å²) in [7, 11) is 0. The molecular weight excluding hydrogens is 330 g/mol. The second-order valence-electron chi connectivity index (χ2n) is 6.54.